The minimum absolute atomic E-state index is 1.16. The van der Waals surface area contributed by atoms with Crippen molar-refractivity contribution in [3.63, 3.8) is 0 Å². The first-order valence-electron chi connectivity index (χ1n) is 15.0. The number of thiophene rings is 1. The minimum atomic E-state index is 1.16. The van der Waals surface area contributed by atoms with E-state index in [4.69, 9.17) is 0 Å². The summed E-state index contributed by atoms with van der Waals surface area (Å²) < 4.78 is 5.10. The summed E-state index contributed by atoms with van der Waals surface area (Å²) >= 11 is 1.87. The molecule has 1 nitrogen and oxygen atoms in total. The van der Waals surface area contributed by atoms with Gasteiger partial charge in [-0.3, -0.25) is 0 Å². The Balaban J connectivity index is 1.09. The van der Waals surface area contributed by atoms with Crippen LogP contribution < -0.4 is 0 Å². The standard InChI is InChI=1S/C42H27NS/c1-2-9-31(10-3-1)34-13-8-14-38-35-11-4-6-15-39(35)43(42(34)38)33-24-21-29(22-25-33)28-17-19-30(20-18-28)32-23-26-37-36-12-5-7-16-40(36)44-41(37)27-32/h1-27H. The van der Waals surface area contributed by atoms with E-state index >= 15 is 0 Å². The molecular formula is C42H27NS. The molecule has 9 rings (SSSR count). The summed E-state index contributed by atoms with van der Waals surface area (Å²) in [5.74, 6) is 0. The largest absolute Gasteiger partial charge is 0.309 e. The molecule has 44 heavy (non-hydrogen) atoms. The van der Waals surface area contributed by atoms with Gasteiger partial charge in [0.25, 0.3) is 0 Å². The summed E-state index contributed by atoms with van der Waals surface area (Å²) in [6.07, 6.45) is 0. The molecule has 0 aliphatic rings. The van der Waals surface area contributed by atoms with Gasteiger partial charge in [0.15, 0.2) is 0 Å². The first kappa shape index (κ1) is 25.1. The van der Waals surface area contributed by atoms with Gasteiger partial charge in [-0.05, 0) is 58.1 Å². The molecule has 0 saturated carbocycles. The fourth-order valence-corrected chi connectivity index (χ4v) is 7.85. The van der Waals surface area contributed by atoms with Crippen molar-refractivity contribution in [2.45, 2.75) is 0 Å². The van der Waals surface area contributed by atoms with E-state index < -0.39 is 0 Å². The molecule has 0 spiro atoms. The molecule has 0 fully saturated rings. The van der Waals surface area contributed by atoms with Crippen molar-refractivity contribution < 1.29 is 0 Å². The summed E-state index contributed by atoms with van der Waals surface area (Å²) in [6, 6.07) is 59.6. The number of para-hydroxylation sites is 2. The van der Waals surface area contributed by atoms with E-state index in [2.05, 4.69) is 168 Å². The molecule has 0 unspecified atom stereocenters. The predicted molar refractivity (Wildman–Crippen MR) is 190 cm³/mol. The fraction of sp³-hybridized carbons (Fsp3) is 0. The van der Waals surface area contributed by atoms with Crippen LogP contribution in [-0.2, 0) is 0 Å². The monoisotopic (exact) mass is 577 g/mol. The lowest BCUT2D eigenvalue weighted by Crippen LogP contribution is -1.95. The topological polar surface area (TPSA) is 4.93 Å². The maximum Gasteiger partial charge on any atom is 0.0619 e. The average Bonchev–Trinajstić information content (AvgIpc) is 3.64. The average molecular weight is 578 g/mol. The van der Waals surface area contributed by atoms with Crippen LogP contribution in [0.2, 0.25) is 0 Å². The molecule has 206 valence electrons. The number of benzene rings is 7. The van der Waals surface area contributed by atoms with E-state index in [1.807, 2.05) is 11.3 Å². The third kappa shape index (κ3) is 4.00. The molecule has 0 saturated heterocycles. The Morgan fingerprint density at radius 2 is 0.955 bits per heavy atom. The lowest BCUT2D eigenvalue weighted by Gasteiger charge is -2.13. The zero-order chi connectivity index (χ0) is 29.0. The van der Waals surface area contributed by atoms with Crippen molar-refractivity contribution in [1.29, 1.82) is 0 Å². The number of rotatable bonds is 4. The van der Waals surface area contributed by atoms with Gasteiger partial charge in [0, 0.05) is 42.2 Å². The van der Waals surface area contributed by atoms with E-state index in [9.17, 15) is 0 Å². The number of hydrogen-bond donors (Lipinski definition) is 0. The second-order valence-electron chi connectivity index (χ2n) is 11.4. The van der Waals surface area contributed by atoms with Gasteiger partial charge in [0.2, 0.25) is 0 Å². The van der Waals surface area contributed by atoms with Gasteiger partial charge in [-0.1, -0.05) is 133 Å². The van der Waals surface area contributed by atoms with Gasteiger partial charge < -0.3 is 4.57 Å². The highest BCUT2D eigenvalue weighted by Gasteiger charge is 2.16. The number of hydrogen-bond acceptors (Lipinski definition) is 1. The molecular weight excluding hydrogens is 551 g/mol. The van der Waals surface area contributed by atoms with Gasteiger partial charge in [-0.2, -0.15) is 0 Å². The number of aromatic nitrogens is 1. The third-order valence-corrected chi connectivity index (χ3v) is 9.97. The maximum absolute atomic E-state index is 2.42. The molecule has 0 radical (unpaired) electrons. The lowest BCUT2D eigenvalue weighted by molar-refractivity contribution is 1.18. The second-order valence-corrected chi connectivity index (χ2v) is 12.4. The first-order chi connectivity index (χ1) is 21.8. The summed E-state index contributed by atoms with van der Waals surface area (Å²) in [6.45, 7) is 0. The Labute approximate surface area is 259 Å². The fourth-order valence-electron chi connectivity index (χ4n) is 6.70. The highest BCUT2D eigenvalue weighted by molar-refractivity contribution is 7.25. The van der Waals surface area contributed by atoms with E-state index in [0.29, 0.717) is 0 Å². The van der Waals surface area contributed by atoms with E-state index in [1.54, 1.807) is 0 Å². The van der Waals surface area contributed by atoms with Crippen molar-refractivity contribution in [2.24, 2.45) is 0 Å². The molecule has 2 heteroatoms. The Bertz CT molecular complexity index is 2460. The summed E-state index contributed by atoms with van der Waals surface area (Å²) in [5, 5.41) is 5.23. The molecule has 0 atom stereocenters. The van der Waals surface area contributed by atoms with Gasteiger partial charge in [-0.25, -0.2) is 0 Å². The van der Waals surface area contributed by atoms with Crippen LogP contribution in [-0.4, -0.2) is 4.57 Å². The predicted octanol–water partition coefficient (Wildman–Crippen LogP) is 12.2. The third-order valence-electron chi connectivity index (χ3n) is 8.84. The van der Waals surface area contributed by atoms with Crippen LogP contribution in [0, 0.1) is 0 Å². The summed E-state index contributed by atoms with van der Waals surface area (Å²) in [7, 11) is 0. The Morgan fingerprint density at radius 1 is 0.364 bits per heavy atom. The van der Waals surface area contributed by atoms with Crippen LogP contribution in [0.3, 0.4) is 0 Å². The van der Waals surface area contributed by atoms with Gasteiger partial charge >= 0.3 is 0 Å². The van der Waals surface area contributed by atoms with E-state index in [-0.39, 0.29) is 0 Å². The molecule has 7 aromatic carbocycles. The molecule has 0 aliphatic heterocycles. The van der Waals surface area contributed by atoms with Crippen molar-refractivity contribution in [1.82, 2.24) is 4.57 Å². The zero-order valence-corrected chi connectivity index (χ0v) is 24.8. The highest BCUT2D eigenvalue weighted by atomic mass is 32.1. The molecule has 2 heterocycles. The Kier molecular flexibility index (Phi) is 5.75. The van der Waals surface area contributed by atoms with Crippen LogP contribution in [0.25, 0.3) is 81.0 Å². The van der Waals surface area contributed by atoms with Crippen LogP contribution in [0.15, 0.2) is 164 Å². The maximum atomic E-state index is 2.42. The quantitative estimate of drug-likeness (QED) is 0.196. The second kappa shape index (κ2) is 10.1. The SMILES string of the molecule is c1ccc(-c2cccc3c4ccccc4n(-c4ccc(-c5ccc(-c6ccc7c(c6)sc6ccccc67)cc5)cc4)c23)cc1. The van der Waals surface area contributed by atoms with Crippen molar-refractivity contribution >= 4 is 53.3 Å². The van der Waals surface area contributed by atoms with Gasteiger partial charge in [0.1, 0.15) is 0 Å². The number of fused-ring (bicyclic) bond motifs is 6. The van der Waals surface area contributed by atoms with Crippen LogP contribution in [0.4, 0.5) is 0 Å². The summed E-state index contributed by atoms with van der Waals surface area (Å²) in [4.78, 5) is 0. The van der Waals surface area contributed by atoms with Crippen molar-refractivity contribution in [3.8, 4) is 39.1 Å². The van der Waals surface area contributed by atoms with Gasteiger partial charge in [-0.15, -0.1) is 11.3 Å². The highest BCUT2D eigenvalue weighted by Crippen LogP contribution is 2.39. The Hall–Kier alpha value is -5.44. The van der Waals surface area contributed by atoms with Gasteiger partial charge in [0.05, 0.1) is 11.0 Å². The van der Waals surface area contributed by atoms with Crippen LogP contribution in [0.1, 0.15) is 0 Å². The van der Waals surface area contributed by atoms with Crippen molar-refractivity contribution in [3.05, 3.63) is 164 Å². The molecule has 0 aliphatic carbocycles. The smallest absolute Gasteiger partial charge is 0.0619 e. The number of nitrogens with zero attached hydrogens (tertiary/aromatic N) is 1. The molecule has 0 amide bonds. The zero-order valence-electron chi connectivity index (χ0n) is 23.9. The van der Waals surface area contributed by atoms with Crippen molar-refractivity contribution in [2.75, 3.05) is 0 Å². The van der Waals surface area contributed by atoms with Crippen LogP contribution in [0.5, 0.6) is 0 Å². The minimum Gasteiger partial charge on any atom is -0.309 e. The molecule has 0 N–H and O–H groups in total. The van der Waals surface area contributed by atoms with Crippen LogP contribution >= 0.6 is 11.3 Å². The summed E-state index contributed by atoms with van der Waals surface area (Å²) in [5.41, 5.74) is 11.0. The molecule has 9 aromatic rings. The van der Waals surface area contributed by atoms with E-state index in [1.165, 1.54) is 75.4 Å². The van der Waals surface area contributed by atoms with E-state index in [0.717, 1.165) is 5.69 Å². The lowest BCUT2D eigenvalue weighted by atomic mass is 9.99. The molecule has 0 bridgehead atoms. The normalized spacial score (nSPS) is 11.6. The molecule has 2 aromatic heterocycles. The Morgan fingerprint density at radius 3 is 1.75 bits per heavy atom. The first-order valence-corrected chi connectivity index (χ1v) is 15.8.